The highest BCUT2D eigenvalue weighted by molar-refractivity contribution is 5.27. The van der Waals surface area contributed by atoms with Crippen molar-refractivity contribution in [3.63, 3.8) is 0 Å². The van der Waals surface area contributed by atoms with E-state index in [1.165, 1.54) is 6.07 Å². The third kappa shape index (κ3) is 3.42. The molecule has 2 aromatic carbocycles. The molecule has 0 saturated carbocycles. The Morgan fingerprint density at radius 1 is 0.950 bits per heavy atom. The molecule has 2 rings (SSSR count). The first-order valence-electron chi connectivity index (χ1n) is 6.70. The van der Waals surface area contributed by atoms with Gasteiger partial charge in [0.25, 0.3) is 0 Å². The van der Waals surface area contributed by atoms with Crippen LogP contribution in [0.25, 0.3) is 0 Å². The summed E-state index contributed by atoms with van der Waals surface area (Å²) >= 11 is 0. The second-order valence-electron chi connectivity index (χ2n) is 5.10. The van der Waals surface area contributed by atoms with Crippen LogP contribution in [0.1, 0.15) is 16.7 Å². The molecule has 0 heterocycles. The van der Waals surface area contributed by atoms with Crippen LogP contribution in [0.4, 0.5) is 8.78 Å². The molecule has 2 aromatic rings. The van der Waals surface area contributed by atoms with Gasteiger partial charge in [-0.15, -0.1) is 0 Å². The molecule has 1 nitrogen and oxygen atoms in total. The average Bonchev–Trinajstić information content (AvgIpc) is 2.45. The molecule has 0 amide bonds. The number of aryl methyl sites for hydroxylation is 1. The van der Waals surface area contributed by atoms with E-state index >= 15 is 0 Å². The van der Waals surface area contributed by atoms with Gasteiger partial charge < -0.3 is 5.11 Å². The summed E-state index contributed by atoms with van der Waals surface area (Å²) in [6, 6.07) is 12.1. The Morgan fingerprint density at radius 2 is 1.60 bits per heavy atom. The van der Waals surface area contributed by atoms with Gasteiger partial charge in [-0.2, -0.15) is 0 Å². The van der Waals surface area contributed by atoms with E-state index in [0.29, 0.717) is 18.4 Å². The van der Waals surface area contributed by atoms with Crippen molar-refractivity contribution in [3.05, 3.63) is 70.8 Å². The van der Waals surface area contributed by atoms with Crippen molar-refractivity contribution in [2.45, 2.75) is 19.8 Å². The number of aliphatic hydroxyl groups excluding tert-OH is 1. The highest BCUT2D eigenvalue weighted by Gasteiger charge is 2.15. The zero-order valence-electron chi connectivity index (χ0n) is 11.4. The van der Waals surface area contributed by atoms with E-state index < -0.39 is 11.6 Å². The molecule has 0 aliphatic rings. The number of aliphatic hydroxyl groups is 1. The van der Waals surface area contributed by atoms with E-state index in [9.17, 15) is 13.9 Å². The van der Waals surface area contributed by atoms with E-state index in [1.54, 1.807) is 6.07 Å². The Balaban J connectivity index is 2.14. The molecule has 0 fully saturated rings. The maximum absolute atomic E-state index is 13.7. The van der Waals surface area contributed by atoms with Crippen molar-refractivity contribution >= 4 is 0 Å². The average molecular weight is 276 g/mol. The van der Waals surface area contributed by atoms with E-state index in [-0.39, 0.29) is 12.5 Å². The molecular formula is C17H18F2O. The van der Waals surface area contributed by atoms with E-state index in [2.05, 4.69) is 0 Å². The van der Waals surface area contributed by atoms with Gasteiger partial charge in [0.15, 0.2) is 11.6 Å². The summed E-state index contributed by atoms with van der Waals surface area (Å²) in [6.07, 6.45) is 0.980. The standard InChI is InChI=1S/C17H18F2O/c1-12-5-2-3-6-14(12)9-13(11-20)10-15-7-4-8-16(18)17(15)19/h2-8,13,20H,9-11H2,1H3. The Hall–Kier alpha value is -1.74. The van der Waals surface area contributed by atoms with Crippen LogP contribution in [0.2, 0.25) is 0 Å². The Bertz CT molecular complexity index is 581. The summed E-state index contributed by atoms with van der Waals surface area (Å²) in [5, 5.41) is 9.48. The first-order chi connectivity index (χ1) is 9.61. The number of hydrogen-bond acceptors (Lipinski definition) is 1. The first-order valence-corrected chi connectivity index (χ1v) is 6.70. The van der Waals surface area contributed by atoms with Crippen LogP contribution < -0.4 is 0 Å². The fourth-order valence-corrected chi connectivity index (χ4v) is 2.37. The van der Waals surface area contributed by atoms with E-state index in [4.69, 9.17) is 0 Å². The third-order valence-corrected chi connectivity index (χ3v) is 3.57. The number of benzene rings is 2. The Morgan fingerprint density at radius 3 is 2.30 bits per heavy atom. The predicted octanol–water partition coefficient (Wildman–Crippen LogP) is 3.67. The molecule has 0 aliphatic heterocycles. The fraction of sp³-hybridized carbons (Fsp3) is 0.294. The van der Waals surface area contributed by atoms with Gasteiger partial charge in [0.1, 0.15) is 0 Å². The molecule has 3 heteroatoms. The Labute approximate surface area is 117 Å². The summed E-state index contributed by atoms with van der Waals surface area (Å²) in [7, 11) is 0. The largest absolute Gasteiger partial charge is 0.396 e. The lowest BCUT2D eigenvalue weighted by Crippen LogP contribution is -2.14. The highest BCUT2D eigenvalue weighted by Crippen LogP contribution is 2.20. The molecule has 0 spiro atoms. The van der Waals surface area contributed by atoms with Crippen molar-refractivity contribution in [2.24, 2.45) is 5.92 Å². The third-order valence-electron chi connectivity index (χ3n) is 3.57. The van der Waals surface area contributed by atoms with Crippen LogP contribution in [0.5, 0.6) is 0 Å². The maximum atomic E-state index is 13.7. The zero-order valence-corrected chi connectivity index (χ0v) is 11.4. The number of rotatable bonds is 5. The lowest BCUT2D eigenvalue weighted by molar-refractivity contribution is 0.223. The van der Waals surface area contributed by atoms with Crippen LogP contribution in [-0.4, -0.2) is 11.7 Å². The van der Waals surface area contributed by atoms with E-state index in [0.717, 1.165) is 17.2 Å². The second kappa shape index (κ2) is 6.62. The topological polar surface area (TPSA) is 20.2 Å². The lowest BCUT2D eigenvalue weighted by Gasteiger charge is -2.16. The molecule has 1 unspecified atom stereocenters. The van der Waals surface area contributed by atoms with Gasteiger partial charge >= 0.3 is 0 Å². The van der Waals surface area contributed by atoms with Crippen molar-refractivity contribution < 1.29 is 13.9 Å². The van der Waals surface area contributed by atoms with Gasteiger partial charge in [0.2, 0.25) is 0 Å². The minimum atomic E-state index is -0.838. The van der Waals surface area contributed by atoms with Crippen LogP contribution in [0.15, 0.2) is 42.5 Å². The molecule has 106 valence electrons. The minimum Gasteiger partial charge on any atom is -0.396 e. The normalized spacial score (nSPS) is 12.4. The number of halogens is 2. The quantitative estimate of drug-likeness (QED) is 0.883. The smallest absolute Gasteiger partial charge is 0.162 e. The first kappa shape index (κ1) is 14.7. The van der Waals surface area contributed by atoms with Gasteiger partial charge in [0, 0.05) is 6.61 Å². The van der Waals surface area contributed by atoms with Crippen molar-refractivity contribution in [1.82, 2.24) is 0 Å². The van der Waals surface area contributed by atoms with E-state index in [1.807, 2.05) is 31.2 Å². The fourth-order valence-electron chi connectivity index (χ4n) is 2.37. The van der Waals surface area contributed by atoms with Crippen LogP contribution >= 0.6 is 0 Å². The van der Waals surface area contributed by atoms with Crippen molar-refractivity contribution in [2.75, 3.05) is 6.61 Å². The molecule has 20 heavy (non-hydrogen) atoms. The highest BCUT2D eigenvalue weighted by atomic mass is 19.2. The minimum absolute atomic E-state index is 0.0513. The lowest BCUT2D eigenvalue weighted by atomic mass is 9.91. The van der Waals surface area contributed by atoms with Gasteiger partial charge in [-0.05, 0) is 48.4 Å². The summed E-state index contributed by atoms with van der Waals surface area (Å²) in [5.41, 5.74) is 2.59. The maximum Gasteiger partial charge on any atom is 0.162 e. The van der Waals surface area contributed by atoms with Gasteiger partial charge in [-0.25, -0.2) is 8.78 Å². The molecule has 0 aliphatic carbocycles. The molecule has 1 N–H and O–H groups in total. The summed E-state index contributed by atoms with van der Waals surface area (Å²) in [6.45, 7) is 1.96. The molecule has 1 atom stereocenters. The number of hydrogen-bond donors (Lipinski definition) is 1. The molecule has 0 bridgehead atoms. The summed E-state index contributed by atoms with van der Waals surface area (Å²) in [4.78, 5) is 0. The second-order valence-corrected chi connectivity index (χ2v) is 5.10. The van der Waals surface area contributed by atoms with Gasteiger partial charge in [-0.3, -0.25) is 0 Å². The summed E-state index contributed by atoms with van der Waals surface area (Å²) in [5.74, 6) is -1.77. The zero-order chi connectivity index (χ0) is 14.5. The van der Waals surface area contributed by atoms with Gasteiger partial charge in [0.05, 0.1) is 0 Å². The predicted molar refractivity (Wildman–Crippen MR) is 75.5 cm³/mol. The Kier molecular flexibility index (Phi) is 4.85. The van der Waals surface area contributed by atoms with Crippen LogP contribution in [-0.2, 0) is 12.8 Å². The SMILES string of the molecule is Cc1ccccc1CC(CO)Cc1cccc(F)c1F. The molecular weight excluding hydrogens is 258 g/mol. The van der Waals surface area contributed by atoms with Crippen LogP contribution in [0.3, 0.4) is 0 Å². The monoisotopic (exact) mass is 276 g/mol. The van der Waals surface area contributed by atoms with Gasteiger partial charge in [-0.1, -0.05) is 36.4 Å². The molecule has 0 aromatic heterocycles. The summed E-state index contributed by atoms with van der Waals surface area (Å²) < 4.78 is 26.8. The van der Waals surface area contributed by atoms with Crippen LogP contribution in [0, 0.1) is 24.5 Å². The van der Waals surface area contributed by atoms with Crippen molar-refractivity contribution in [3.8, 4) is 0 Å². The molecule has 0 saturated heterocycles. The molecule has 0 radical (unpaired) electrons. The van der Waals surface area contributed by atoms with Crippen molar-refractivity contribution in [1.29, 1.82) is 0 Å².